The lowest BCUT2D eigenvalue weighted by molar-refractivity contribution is -0.670. The van der Waals surface area contributed by atoms with Crippen LogP contribution in [0.4, 0.5) is 26.3 Å². The highest BCUT2D eigenvalue weighted by molar-refractivity contribution is 8.13. The van der Waals surface area contributed by atoms with Crippen molar-refractivity contribution in [2.45, 2.75) is 11.0 Å². The molecule has 1 rings (SSSR count). The molecule has 0 bridgehead atoms. The summed E-state index contributed by atoms with van der Waals surface area (Å²) < 4.78 is 113. The van der Waals surface area contributed by atoms with Crippen molar-refractivity contribution < 1.29 is 47.7 Å². The molecule has 0 amide bonds. The fourth-order valence-corrected chi connectivity index (χ4v) is 2.50. The molecular weight excluding hydrogens is 380 g/mol. The van der Waals surface area contributed by atoms with Gasteiger partial charge < -0.3 is 4.13 Å². The minimum Gasteiger partial charge on any atom is -0.421 e. The van der Waals surface area contributed by atoms with Gasteiger partial charge in [-0.15, -0.1) is 0 Å². The molecule has 0 atom stereocenters. The zero-order valence-electron chi connectivity index (χ0n) is 11.1. The third-order valence-corrected chi connectivity index (χ3v) is 4.52. The first kappa shape index (κ1) is 21.4. The first-order valence-electron chi connectivity index (χ1n) is 5.05. The molecule has 0 saturated carbocycles. The summed E-state index contributed by atoms with van der Waals surface area (Å²) in [4.78, 5) is 0. The monoisotopic (exact) mass is 389 g/mol. The van der Waals surface area contributed by atoms with Crippen LogP contribution in [0.2, 0.25) is 0 Å². The van der Waals surface area contributed by atoms with Gasteiger partial charge in [0.15, 0.2) is 20.0 Å². The number of halogens is 6. The lowest BCUT2D eigenvalue weighted by atomic mass is 10.8. The summed E-state index contributed by atoms with van der Waals surface area (Å²) >= 11 is 0. The number of sulfonamides is 2. The summed E-state index contributed by atoms with van der Waals surface area (Å²) in [5, 5.41) is 0. The first-order valence-corrected chi connectivity index (χ1v) is 7.93. The van der Waals surface area contributed by atoms with Gasteiger partial charge in [0.05, 0.1) is 13.2 Å². The van der Waals surface area contributed by atoms with Crippen LogP contribution in [-0.2, 0) is 27.1 Å². The average molecular weight is 389 g/mol. The third kappa shape index (κ3) is 6.19. The van der Waals surface area contributed by atoms with Crippen molar-refractivity contribution >= 4 is 26.2 Å². The Morgan fingerprint density at radius 1 is 1.04 bits per heavy atom. The van der Waals surface area contributed by atoms with Crippen LogP contribution in [0.1, 0.15) is 0 Å². The van der Waals surface area contributed by atoms with Gasteiger partial charge in [-0.2, -0.15) is 26.3 Å². The predicted molar refractivity (Wildman–Crippen MR) is 65.3 cm³/mol. The molecule has 0 aliphatic rings. The topological polar surface area (TPSA) is 91.2 Å². The van der Waals surface area contributed by atoms with Crippen LogP contribution in [0, 0.1) is 0 Å². The maximum absolute atomic E-state index is 11.4. The van der Waals surface area contributed by atoms with Crippen molar-refractivity contribution in [3.63, 3.8) is 0 Å². The van der Waals surface area contributed by atoms with Gasteiger partial charge in [-0.25, -0.2) is 26.0 Å². The van der Waals surface area contributed by atoms with Crippen molar-refractivity contribution in [2.75, 3.05) is 0 Å². The molecule has 0 aliphatic heterocycles. The SMILES string of the molecule is C=Cn1cc[n+](C)c1.O=S(=O)([N-]S(=O)(=O)C(F)(F)F)C(F)(F)F. The second-order valence-electron chi connectivity index (χ2n) is 3.63. The van der Waals surface area contributed by atoms with Crippen molar-refractivity contribution in [1.82, 2.24) is 4.57 Å². The van der Waals surface area contributed by atoms with Crippen LogP contribution >= 0.6 is 0 Å². The maximum atomic E-state index is 11.4. The summed E-state index contributed by atoms with van der Waals surface area (Å²) in [6.45, 7) is 3.59. The zero-order chi connectivity index (χ0) is 18.7. The molecule has 0 saturated heterocycles. The van der Waals surface area contributed by atoms with Crippen molar-refractivity contribution in [3.8, 4) is 0 Å². The molecule has 1 heterocycles. The Balaban J connectivity index is 0.000000502. The van der Waals surface area contributed by atoms with Gasteiger partial charge in [0.1, 0.15) is 12.4 Å². The maximum Gasteiger partial charge on any atom is 0.480 e. The number of alkyl halides is 6. The lowest BCUT2D eigenvalue weighted by Crippen LogP contribution is -2.30. The van der Waals surface area contributed by atoms with E-state index in [1.54, 1.807) is 6.20 Å². The van der Waals surface area contributed by atoms with Crippen LogP contribution < -0.4 is 4.57 Å². The highest BCUT2D eigenvalue weighted by atomic mass is 32.3. The van der Waals surface area contributed by atoms with E-state index in [4.69, 9.17) is 0 Å². The highest BCUT2D eigenvalue weighted by Gasteiger charge is 2.46. The molecule has 134 valence electrons. The fraction of sp³-hybridized carbons (Fsp3) is 0.375. The molecule has 15 heteroatoms. The van der Waals surface area contributed by atoms with Gasteiger partial charge in [-0.3, -0.25) is 0 Å². The normalized spacial score (nSPS) is 13.2. The van der Waals surface area contributed by atoms with E-state index in [1.807, 2.05) is 34.9 Å². The van der Waals surface area contributed by atoms with Gasteiger partial charge in [0.2, 0.25) is 6.33 Å². The molecule has 0 aromatic carbocycles. The van der Waals surface area contributed by atoms with Gasteiger partial charge >= 0.3 is 11.0 Å². The fourth-order valence-electron chi connectivity index (χ4n) is 0.791. The van der Waals surface area contributed by atoms with Crippen molar-refractivity contribution in [3.05, 3.63) is 29.4 Å². The van der Waals surface area contributed by atoms with E-state index in [0.29, 0.717) is 0 Å². The summed E-state index contributed by atoms with van der Waals surface area (Å²) in [7, 11) is -11.5. The molecule has 0 fully saturated rings. The Labute approximate surface area is 126 Å². The minimum atomic E-state index is -6.72. The van der Waals surface area contributed by atoms with E-state index >= 15 is 0 Å². The molecule has 1 aromatic rings. The predicted octanol–water partition coefficient (Wildman–Crippen LogP) is 1.47. The second kappa shape index (κ2) is 6.88. The molecule has 1 aromatic heterocycles. The van der Waals surface area contributed by atoms with Gasteiger partial charge in [-0.1, -0.05) is 6.58 Å². The molecular formula is C8H9F6N3O4S2. The number of rotatable bonds is 3. The van der Waals surface area contributed by atoms with Crippen molar-refractivity contribution in [2.24, 2.45) is 7.05 Å². The quantitative estimate of drug-likeness (QED) is 0.578. The second-order valence-corrected chi connectivity index (χ2v) is 7.05. The molecule has 0 N–H and O–H groups in total. The standard InChI is InChI=1S/C6H9N2.C2F6NO4S2/c1-3-8-5-4-7(2)6-8;3-1(4,5)14(10,11)9-15(12,13)2(6,7)8/h3-6H,1H2,2H3;/q+1;-1. The van der Waals surface area contributed by atoms with Crippen LogP contribution in [0.15, 0.2) is 25.3 Å². The Morgan fingerprint density at radius 2 is 1.43 bits per heavy atom. The molecule has 0 spiro atoms. The first-order chi connectivity index (χ1) is 10.0. The van der Waals surface area contributed by atoms with E-state index in [1.165, 1.54) is 0 Å². The van der Waals surface area contributed by atoms with Crippen LogP contribution in [0.25, 0.3) is 10.3 Å². The lowest BCUT2D eigenvalue weighted by Gasteiger charge is -2.22. The summed E-state index contributed by atoms with van der Waals surface area (Å²) in [6, 6.07) is 0. The highest BCUT2D eigenvalue weighted by Crippen LogP contribution is 2.36. The molecule has 0 unspecified atom stereocenters. The minimum absolute atomic E-state index is 0.778. The van der Waals surface area contributed by atoms with Crippen LogP contribution in [0.3, 0.4) is 0 Å². The number of nitrogens with zero attached hydrogens (tertiary/aromatic N) is 3. The van der Waals surface area contributed by atoms with Crippen LogP contribution in [0.5, 0.6) is 0 Å². The Kier molecular flexibility index (Phi) is 6.39. The average Bonchev–Trinajstić information content (AvgIpc) is 2.71. The van der Waals surface area contributed by atoms with E-state index < -0.39 is 31.1 Å². The van der Waals surface area contributed by atoms with E-state index in [2.05, 4.69) is 6.58 Å². The molecule has 0 aliphatic carbocycles. The Hall–Kier alpha value is -1.61. The van der Waals surface area contributed by atoms with Gasteiger partial charge in [0.25, 0.3) is 0 Å². The van der Waals surface area contributed by atoms with Crippen LogP contribution in [-0.4, -0.2) is 32.4 Å². The summed E-state index contributed by atoms with van der Waals surface area (Å²) in [5.41, 5.74) is -12.4. The van der Waals surface area contributed by atoms with Gasteiger partial charge in [0, 0.05) is 0 Å². The number of imidazole rings is 1. The van der Waals surface area contributed by atoms with E-state index in [9.17, 15) is 43.2 Å². The van der Waals surface area contributed by atoms with Gasteiger partial charge in [-0.05, 0) is 0 Å². The number of aryl methyl sites for hydroxylation is 1. The number of hydrogen-bond acceptors (Lipinski definition) is 4. The molecule has 7 nitrogen and oxygen atoms in total. The Morgan fingerprint density at radius 3 is 1.61 bits per heavy atom. The zero-order valence-corrected chi connectivity index (χ0v) is 12.7. The number of hydrogen-bond donors (Lipinski definition) is 0. The summed E-state index contributed by atoms with van der Waals surface area (Å²) in [5.74, 6) is 0. The van der Waals surface area contributed by atoms with E-state index in [0.717, 1.165) is 4.13 Å². The number of aromatic nitrogens is 2. The third-order valence-electron chi connectivity index (χ3n) is 1.78. The molecule has 23 heavy (non-hydrogen) atoms. The Bertz CT molecular complexity index is 706. The smallest absolute Gasteiger partial charge is 0.421 e. The van der Waals surface area contributed by atoms with E-state index in [-0.39, 0.29) is 0 Å². The largest absolute Gasteiger partial charge is 0.480 e. The van der Waals surface area contributed by atoms with Crippen molar-refractivity contribution in [1.29, 1.82) is 0 Å². The summed E-state index contributed by atoms with van der Waals surface area (Å²) in [6.07, 6.45) is 7.58. The molecule has 0 radical (unpaired) electrons.